The van der Waals surface area contributed by atoms with Crippen LogP contribution in [-0.4, -0.2) is 50.9 Å². The Kier molecular flexibility index (Phi) is 11.7. The number of hydrogen-bond acceptors (Lipinski definition) is 5. The van der Waals surface area contributed by atoms with Crippen LogP contribution in [0.5, 0.6) is 5.75 Å². The van der Waals surface area contributed by atoms with Gasteiger partial charge in [-0.1, -0.05) is 60.8 Å². The van der Waals surface area contributed by atoms with Crippen molar-refractivity contribution in [2.45, 2.75) is 52.1 Å². The highest BCUT2D eigenvalue weighted by molar-refractivity contribution is 7.92. The van der Waals surface area contributed by atoms with Crippen molar-refractivity contribution in [2.24, 2.45) is 5.92 Å². The second-order valence-electron chi connectivity index (χ2n) is 10.3. The predicted octanol–water partition coefficient (Wildman–Crippen LogP) is 6.09. The van der Waals surface area contributed by atoms with Crippen molar-refractivity contribution in [3.8, 4) is 5.75 Å². The van der Waals surface area contributed by atoms with E-state index in [0.717, 1.165) is 9.87 Å². The number of anilines is 1. The summed E-state index contributed by atoms with van der Waals surface area (Å²) in [6.45, 7) is 9.51. The monoisotopic (exact) mass is 633 g/mol. The number of carbonyl (C=O) groups excluding carboxylic acids is 2. The van der Waals surface area contributed by atoms with Gasteiger partial charge < -0.3 is 15.0 Å². The van der Waals surface area contributed by atoms with Crippen molar-refractivity contribution in [3.63, 3.8) is 0 Å². The summed E-state index contributed by atoms with van der Waals surface area (Å²) >= 11 is 12.5. The second-order valence-corrected chi connectivity index (χ2v) is 13.0. The van der Waals surface area contributed by atoms with Gasteiger partial charge in [0.2, 0.25) is 11.8 Å². The van der Waals surface area contributed by atoms with Crippen molar-refractivity contribution in [3.05, 3.63) is 87.9 Å². The molecule has 1 N–H and O–H groups in total. The van der Waals surface area contributed by atoms with Crippen LogP contribution >= 0.6 is 23.2 Å². The Bertz CT molecular complexity index is 1480. The molecule has 0 bridgehead atoms. The normalized spacial score (nSPS) is 12.1. The zero-order valence-electron chi connectivity index (χ0n) is 24.4. The van der Waals surface area contributed by atoms with Crippen molar-refractivity contribution in [1.29, 1.82) is 0 Å². The van der Waals surface area contributed by atoms with Gasteiger partial charge in [0.15, 0.2) is 0 Å². The van der Waals surface area contributed by atoms with Crippen molar-refractivity contribution < 1.29 is 22.7 Å². The highest BCUT2D eigenvalue weighted by Crippen LogP contribution is 2.28. The van der Waals surface area contributed by atoms with Gasteiger partial charge in [0.25, 0.3) is 10.0 Å². The molecule has 3 rings (SSSR count). The first-order chi connectivity index (χ1) is 19.8. The van der Waals surface area contributed by atoms with E-state index in [1.54, 1.807) is 61.5 Å². The first kappa shape index (κ1) is 33.2. The number of halogens is 2. The summed E-state index contributed by atoms with van der Waals surface area (Å²) in [5.41, 5.74) is 1.73. The minimum atomic E-state index is -4.18. The van der Waals surface area contributed by atoms with Gasteiger partial charge in [-0.2, -0.15) is 0 Å². The molecule has 0 aliphatic heterocycles. The van der Waals surface area contributed by atoms with Gasteiger partial charge in [0.1, 0.15) is 18.3 Å². The Morgan fingerprint density at radius 2 is 1.60 bits per heavy atom. The molecule has 8 nitrogen and oxygen atoms in total. The Morgan fingerprint density at radius 3 is 2.17 bits per heavy atom. The average molecular weight is 635 g/mol. The lowest BCUT2D eigenvalue weighted by molar-refractivity contribution is -0.139. The molecule has 3 aromatic rings. The maximum Gasteiger partial charge on any atom is 0.264 e. The molecule has 0 heterocycles. The number of nitrogens with zero attached hydrogens (tertiary/aromatic N) is 2. The number of carbonyl (C=O) groups is 2. The number of aryl methyl sites for hydroxylation is 1. The van der Waals surface area contributed by atoms with Crippen LogP contribution in [0.3, 0.4) is 0 Å². The first-order valence-electron chi connectivity index (χ1n) is 13.7. The summed E-state index contributed by atoms with van der Waals surface area (Å²) in [5, 5.41) is 3.61. The predicted molar refractivity (Wildman–Crippen MR) is 168 cm³/mol. The first-order valence-corrected chi connectivity index (χ1v) is 15.9. The molecule has 0 saturated carbocycles. The van der Waals surface area contributed by atoms with Crippen LogP contribution in [0.1, 0.15) is 38.8 Å². The van der Waals surface area contributed by atoms with E-state index in [2.05, 4.69) is 5.32 Å². The van der Waals surface area contributed by atoms with E-state index in [0.29, 0.717) is 34.5 Å². The van der Waals surface area contributed by atoms with Crippen molar-refractivity contribution >= 4 is 50.7 Å². The van der Waals surface area contributed by atoms with Gasteiger partial charge in [0, 0.05) is 23.1 Å². The summed E-state index contributed by atoms with van der Waals surface area (Å²) in [6.07, 6.45) is 0. The van der Waals surface area contributed by atoms with E-state index in [1.165, 1.54) is 17.0 Å². The maximum absolute atomic E-state index is 14.0. The van der Waals surface area contributed by atoms with Crippen LogP contribution < -0.4 is 14.4 Å². The largest absolute Gasteiger partial charge is 0.494 e. The molecule has 42 heavy (non-hydrogen) atoms. The molecular weight excluding hydrogens is 597 g/mol. The SMILES string of the molecule is CCOc1ccc(N(CC(=O)N(Cc2ccc(Cl)cc2Cl)[C@@H](C)C(=O)NCC(C)C)S(=O)(=O)c2ccc(C)cc2)cc1. The number of hydrogen-bond donors (Lipinski definition) is 1. The number of nitrogens with one attached hydrogen (secondary N) is 1. The van der Waals surface area contributed by atoms with Crippen LogP contribution in [0.2, 0.25) is 10.0 Å². The molecule has 11 heteroatoms. The van der Waals surface area contributed by atoms with Crippen LogP contribution in [-0.2, 0) is 26.2 Å². The molecule has 0 saturated heterocycles. The lowest BCUT2D eigenvalue weighted by Crippen LogP contribution is -2.51. The van der Waals surface area contributed by atoms with Crippen LogP contribution in [0.4, 0.5) is 5.69 Å². The number of amides is 2. The highest BCUT2D eigenvalue weighted by Gasteiger charge is 2.33. The number of sulfonamides is 1. The van der Waals surface area contributed by atoms with Crippen LogP contribution in [0, 0.1) is 12.8 Å². The lowest BCUT2D eigenvalue weighted by atomic mass is 10.1. The Labute approximate surface area is 258 Å². The smallest absolute Gasteiger partial charge is 0.264 e. The van der Waals surface area contributed by atoms with Gasteiger partial charge in [-0.15, -0.1) is 0 Å². The van der Waals surface area contributed by atoms with Gasteiger partial charge in [0.05, 0.1) is 17.2 Å². The summed E-state index contributed by atoms with van der Waals surface area (Å²) in [4.78, 5) is 28.5. The van der Waals surface area contributed by atoms with E-state index >= 15 is 0 Å². The third kappa shape index (κ3) is 8.63. The number of ether oxygens (including phenoxy) is 1. The van der Waals surface area contributed by atoms with Gasteiger partial charge in [-0.3, -0.25) is 13.9 Å². The molecule has 3 aromatic carbocycles. The average Bonchev–Trinajstić information content (AvgIpc) is 2.94. The molecule has 0 aliphatic rings. The minimum Gasteiger partial charge on any atom is -0.494 e. The number of benzene rings is 3. The Balaban J connectivity index is 2.04. The fourth-order valence-corrected chi connectivity index (χ4v) is 5.99. The molecule has 0 aromatic heterocycles. The molecule has 0 fully saturated rings. The fourth-order valence-electron chi connectivity index (χ4n) is 4.11. The molecule has 2 amide bonds. The third-order valence-electron chi connectivity index (χ3n) is 6.53. The van der Waals surface area contributed by atoms with Crippen LogP contribution in [0.25, 0.3) is 0 Å². The summed E-state index contributed by atoms with van der Waals surface area (Å²) < 4.78 is 34.5. The molecular formula is C31H37Cl2N3O5S. The van der Waals surface area contributed by atoms with E-state index in [4.69, 9.17) is 27.9 Å². The molecule has 0 radical (unpaired) electrons. The molecule has 0 aliphatic carbocycles. The quantitative estimate of drug-likeness (QED) is 0.246. The summed E-state index contributed by atoms with van der Waals surface area (Å²) in [6, 6.07) is 16.8. The zero-order valence-corrected chi connectivity index (χ0v) is 26.8. The topological polar surface area (TPSA) is 96.0 Å². The van der Waals surface area contributed by atoms with E-state index in [-0.39, 0.29) is 29.0 Å². The number of rotatable bonds is 13. The van der Waals surface area contributed by atoms with Crippen molar-refractivity contribution in [1.82, 2.24) is 10.2 Å². The van der Waals surface area contributed by atoms with Gasteiger partial charge in [-0.25, -0.2) is 8.42 Å². The molecule has 0 spiro atoms. The summed E-state index contributed by atoms with van der Waals surface area (Å²) in [5.74, 6) is -0.186. The highest BCUT2D eigenvalue weighted by atomic mass is 35.5. The van der Waals surface area contributed by atoms with E-state index < -0.39 is 28.5 Å². The van der Waals surface area contributed by atoms with E-state index in [9.17, 15) is 18.0 Å². The fraction of sp³-hybridized carbons (Fsp3) is 0.355. The third-order valence-corrected chi connectivity index (χ3v) is 8.91. The zero-order chi connectivity index (χ0) is 31.0. The van der Waals surface area contributed by atoms with Gasteiger partial charge >= 0.3 is 0 Å². The summed E-state index contributed by atoms with van der Waals surface area (Å²) in [7, 11) is -4.18. The minimum absolute atomic E-state index is 0.0322. The van der Waals surface area contributed by atoms with Crippen molar-refractivity contribution in [2.75, 3.05) is 24.0 Å². The Hall–Kier alpha value is -3.27. The van der Waals surface area contributed by atoms with Gasteiger partial charge in [-0.05, 0) is 80.8 Å². The molecule has 1 atom stereocenters. The molecule has 0 unspecified atom stereocenters. The van der Waals surface area contributed by atoms with E-state index in [1.807, 2.05) is 27.7 Å². The van der Waals surface area contributed by atoms with Crippen LogP contribution in [0.15, 0.2) is 71.6 Å². The Morgan fingerprint density at radius 1 is 0.952 bits per heavy atom. The maximum atomic E-state index is 14.0. The standard InChI is InChI=1S/C31H37Cl2N3O5S/c1-6-41-27-13-11-26(12-14-27)36(42(39,40)28-15-7-22(4)8-16-28)20-30(37)35(23(5)31(38)34-18-21(2)3)19-24-9-10-25(32)17-29(24)33/h7-17,21,23H,6,18-20H2,1-5H3,(H,34,38)/t23-/m0/s1. The lowest BCUT2D eigenvalue weighted by Gasteiger charge is -2.32. The second kappa shape index (κ2) is 14.8. The molecule has 226 valence electrons.